The average molecular weight is 326 g/mol. The van der Waals surface area contributed by atoms with Crippen LogP contribution in [0, 0.1) is 11.7 Å². The number of carbonyl (C=O) groups is 1. The molecular weight excluding hydrogens is 311 g/mol. The molecule has 1 N–H and O–H groups in total. The summed E-state index contributed by atoms with van der Waals surface area (Å²) in [4.78, 5) is 15.2. The summed E-state index contributed by atoms with van der Waals surface area (Å²) >= 11 is 3.12. The molecule has 0 radical (unpaired) electrons. The number of hydrogen-bond donors (Lipinski definition) is 1. The Bertz CT molecular complexity index is 668. The van der Waals surface area contributed by atoms with E-state index in [0.29, 0.717) is 11.1 Å². The van der Waals surface area contributed by atoms with E-state index in [1.54, 1.807) is 6.07 Å². The first kappa shape index (κ1) is 14.7. The zero-order valence-corrected chi connectivity index (χ0v) is 12.9. The summed E-state index contributed by atoms with van der Waals surface area (Å²) < 4.78 is 15.5. The molecule has 0 amide bonds. The highest BCUT2D eigenvalue weighted by atomic mass is 32.2. The van der Waals surface area contributed by atoms with Crippen LogP contribution in [0.2, 0.25) is 0 Å². The van der Waals surface area contributed by atoms with Crippen LogP contribution in [0.1, 0.15) is 6.42 Å². The van der Waals surface area contributed by atoms with Crippen molar-refractivity contribution in [2.24, 2.45) is 5.92 Å². The minimum atomic E-state index is -0.874. The van der Waals surface area contributed by atoms with Crippen molar-refractivity contribution in [1.82, 2.24) is 9.55 Å². The molecule has 21 heavy (non-hydrogen) atoms. The first-order valence-electron chi connectivity index (χ1n) is 6.71. The third kappa shape index (κ3) is 3.35. The Kier molecular flexibility index (Phi) is 4.40. The van der Waals surface area contributed by atoms with Crippen LogP contribution in [0.15, 0.2) is 23.4 Å². The van der Waals surface area contributed by atoms with Gasteiger partial charge in [-0.3, -0.25) is 4.79 Å². The van der Waals surface area contributed by atoms with Crippen molar-refractivity contribution in [3.63, 3.8) is 0 Å². The molecule has 112 valence electrons. The molecule has 0 aliphatic carbocycles. The lowest BCUT2D eigenvalue weighted by molar-refractivity contribution is -0.133. The normalized spacial score (nSPS) is 18.4. The van der Waals surface area contributed by atoms with Crippen molar-refractivity contribution in [3.05, 3.63) is 24.0 Å². The molecule has 1 aromatic heterocycles. The number of imidazole rings is 1. The van der Waals surface area contributed by atoms with E-state index in [2.05, 4.69) is 4.98 Å². The largest absolute Gasteiger partial charge is 0.481 e. The first-order chi connectivity index (χ1) is 10.1. The number of fused-ring (bicyclic) bond motifs is 1. The van der Waals surface area contributed by atoms with Crippen molar-refractivity contribution in [2.45, 2.75) is 18.1 Å². The highest BCUT2D eigenvalue weighted by Crippen LogP contribution is 2.30. The summed E-state index contributed by atoms with van der Waals surface area (Å²) in [5.41, 5.74) is 1.47. The Hall–Kier alpha value is -1.21. The summed E-state index contributed by atoms with van der Waals surface area (Å²) in [5.74, 6) is 1.59. The van der Waals surface area contributed by atoms with Crippen LogP contribution >= 0.6 is 23.5 Å². The monoisotopic (exact) mass is 326 g/mol. The Morgan fingerprint density at radius 3 is 3.14 bits per heavy atom. The number of benzene rings is 1. The maximum atomic E-state index is 13.5. The van der Waals surface area contributed by atoms with E-state index in [0.717, 1.165) is 35.5 Å². The molecule has 0 saturated carbocycles. The second kappa shape index (κ2) is 6.27. The predicted molar refractivity (Wildman–Crippen MR) is 83.5 cm³/mol. The Morgan fingerprint density at radius 1 is 1.57 bits per heavy atom. The fraction of sp³-hybridized carbons (Fsp3) is 0.429. The molecule has 1 saturated heterocycles. The van der Waals surface area contributed by atoms with Gasteiger partial charge in [0.25, 0.3) is 0 Å². The van der Waals surface area contributed by atoms with Crippen LogP contribution in [0.25, 0.3) is 11.0 Å². The molecule has 1 unspecified atom stereocenters. The van der Waals surface area contributed by atoms with E-state index in [4.69, 9.17) is 5.11 Å². The molecule has 3 rings (SSSR count). The zero-order valence-electron chi connectivity index (χ0n) is 11.3. The molecule has 2 heterocycles. The number of halogens is 1. The van der Waals surface area contributed by atoms with Crippen molar-refractivity contribution in [2.75, 3.05) is 17.3 Å². The Labute approximate surface area is 130 Å². The van der Waals surface area contributed by atoms with Gasteiger partial charge in [-0.15, -0.1) is 0 Å². The molecule has 1 fully saturated rings. The summed E-state index contributed by atoms with van der Waals surface area (Å²) in [6.07, 6.45) is 1.14. The fourth-order valence-electron chi connectivity index (χ4n) is 2.47. The second-order valence-electron chi connectivity index (χ2n) is 5.05. The van der Waals surface area contributed by atoms with Gasteiger partial charge >= 0.3 is 5.97 Å². The highest BCUT2D eigenvalue weighted by Gasteiger charge is 2.20. The van der Waals surface area contributed by atoms with Crippen molar-refractivity contribution < 1.29 is 14.3 Å². The standard InChI is InChI=1S/C14H15FN2O2S2/c15-10-1-2-11-12(5-10)17(6-9-3-4-20-7-9)14(16-11)21-8-13(18)19/h1-2,5,9H,3-4,6-8H2,(H,18,19). The van der Waals surface area contributed by atoms with E-state index >= 15 is 0 Å². The molecule has 2 aromatic rings. The lowest BCUT2D eigenvalue weighted by atomic mass is 10.1. The van der Waals surface area contributed by atoms with E-state index in [1.165, 1.54) is 23.9 Å². The number of aliphatic carboxylic acids is 1. The minimum Gasteiger partial charge on any atom is -0.481 e. The molecule has 0 bridgehead atoms. The topological polar surface area (TPSA) is 55.1 Å². The molecule has 1 aliphatic rings. The van der Waals surface area contributed by atoms with E-state index in [9.17, 15) is 9.18 Å². The second-order valence-corrected chi connectivity index (χ2v) is 7.14. The van der Waals surface area contributed by atoms with Gasteiger partial charge in [0.15, 0.2) is 5.16 Å². The van der Waals surface area contributed by atoms with Gasteiger partial charge in [0, 0.05) is 6.54 Å². The van der Waals surface area contributed by atoms with Crippen LogP contribution < -0.4 is 0 Å². The van der Waals surface area contributed by atoms with Crippen molar-refractivity contribution in [3.8, 4) is 0 Å². The molecule has 7 heteroatoms. The van der Waals surface area contributed by atoms with Gasteiger partial charge in [0.1, 0.15) is 5.82 Å². The van der Waals surface area contributed by atoms with Crippen LogP contribution in [0.3, 0.4) is 0 Å². The van der Waals surface area contributed by atoms with Gasteiger partial charge < -0.3 is 9.67 Å². The van der Waals surface area contributed by atoms with Gasteiger partial charge in [-0.1, -0.05) is 11.8 Å². The Balaban J connectivity index is 1.96. The number of hydrogen-bond acceptors (Lipinski definition) is 4. The van der Waals surface area contributed by atoms with E-state index in [1.807, 2.05) is 16.3 Å². The van der Waals surface area contributed by atoms with Gasteiger partial charge in [-0.05, 0) is 42.0 Å². The average Bonchev–Trinajstić information content (AvgIpc) is 3.06. The van der Waals surface area contributed by atoms with Crippen molar-refractivity contribution >= 4 is 40.5 Å². The summed E-state index contributed by atoms with van der Waals surface area (Å²) in [6.45, 7) is 0.773. The molecule has 0 spiro atoms. The van der Waals surface area contributed by atoms with Gasteiger partial charge in [0.2, 0.25) is 0 Å². The van der Waals surface area contributed by atoms with Gasteiger partial charge in [0.05, 0.1) is 16.8 Å². The van der Waals surface area contributed by atoms with Crippen LogP contribution in [0.5, 0.6) is 0 Å². The third-order valence-corrected chi connectivity index (χ3v) is 5.66. The lowest BCUT2D eigenvalue weighted by Gasteiger charge is -2.13. The SMILES string of the molecule is O=C(O)CSc1nc2ccc(F)cc2n1CC1CCSC1. The van der Waals surface area contributed by atoms with Crippen LogP contribution in [0.4, 0.5) is 4.39 Å². The lowest BCUT2D eigenvalue weighted by Crippen LogP contribution is -2.11. The third-order valence-electron chi connectivity index (χ3n) is 3.46. The Morgan fingerprint density at radius 2 is 2.43 bits per heavy atom. The number of carboxylic acids is 1. The number of aromatic nitrogens is 2. The maximum absolute atomic E-state index is 13.5. The van der Waals surface area contributed by atoms with Gasteiger partial charge in [-0.2, -0.15) is 11.8 Å². The number of thioether (sulfide) groups is 2. The maximum Gasteiger partial charge on any atom is 0.313 e. The first-order valence-corrected chi connectivity index (χ1v) is 8.85. The smallest absolute Gasteiger partial charge is 0.313 e. The quantitative estimate of drug-likeness (QED) is 0.856. The number of rotatable bonds is 5. The van der Waals surface area contributed by atoms with Crippen LogP contribution in [-0.4, -0.2) is 37.9 Å². The van der Waals surface area contributed by atoms with Crippen molar-refractivity contribution in [1.29, 1.82) is 0 Å². The predicted octanol–water partition coefficient (Wildman–Crippen LogP) is 3.11. The molecule has 1 aromatic carbocycles. The van der Waals surface area contributed by atoms with Crippen LogP contribution in [-0.2, 0) is 11.3 Å². The molecule has 1 aliphatic heterocycles. The summed E-state index contributed by atoms with van der Waals surface area (Å²) in [5, 5.41) is 9.51. The van der Waals surface area contributed by atoms with E-state index in [-0.39, 0.29) is 11.6 Å². The summed E-state index contributed by atoms with van der Waals surface area (Å²) in [6, 6.07) is 4.52. The fourth-order valence-corrected chi connectivity index (χ4v) is 4.49. The summed E-state index contributed by atoms with van der Waals surface area (Å²) in [7, 11) is 0. The van der Waals surface area contributed by atoms with Gasteiger partial charge in [-0.25, -0.2) is 9.37 Å². The van der Waals surface area contributed by atoms with E-state index < -0.39 is 5.97 Å². The number of carboxylic acid groups (broad SMARTS) is 1. The zero-order chi connectivity index (χ0) is 14.8. The minimum absolute atomic E-state index is 0.0365. The molecule has 4 nitrogen and oxygen atoms in total. The molecule has 1 atom stereocenters. The number of nitrogens with zero attached hydrogens (tertiary/aromatic N) is 2. The molecular formula is C14H15FN2O2S2. The highest BCUT2D eigenvalue weighted by molar-refractivity contribution is 7.99.